The van der Waals surface area contributed by atoms with Crippen LogP contribution in [0.15, 0.2) is 54.6 Å². The minimum absolute atomic E-state index is 0.417. The van der Waals surface area contributed by atoms with E-state index in [9.17, 15) is 9.59 Å². The van der Waals surface area contributed by atoms with Crippen molar-refractivity contribution in [3.63, 3.8) is 0 Å². The van der Waals surface area contributed by atoms with Crippen molar-refractivity contribution in [3.05, 3.63) is 82.4 Å². The average Bonchev–Trinajstić information content (AvgIpc) is 2.89. The Morgan fingerprint density at radius 1 is 0.960 bits per heavy atom. The van der Waals surface area contributed by atoms with Gasteiger partial charge in [0, 0.05) is 18.2 Å². The molecule has 2 aliphatic heterocycles. The molecule has 0 saturated carbocycles. The molecule has 2 aromatic rings. The van der Waals surface area contributed by atoms with E-state index in [2.05, 4.69) is 54.7 Å². The van der Waals surface area contributed by atoms with Gasteiger partial charge >= 0.3 is 11.9 Å². The fourth-order valence-electron chi connectivity index (χ4n) is 3.52. The van der Waals surface area contributed by atoms with E-state index in [-0.39, 0.29) is 0 Å². The molecule has 0 radical (unpaired) electrons. The molecule has 4 rings (SSSR count). The summed E-state index contributed by atoms with van der Waals surface area (Å²) in [7, 11) is 0. The van der Waals surface area contributed by atoms with Gasteiger partial charge in [-0.15, -0.1) is 0 Å². The molecule has 5 heteroatoms. The summed E-state index contributed by atoms with van der Waals surface area (Å²) in [5.74, 6) is -2.51. The van der Waals surface area contributed by atoms with Crippen molar-refractivity contribution in [2.75, 3.05) is 0 Å². The SMILES string of the molecule is Cc1cccc2c1CC1NC2c2ccccc21.O=C(O)/C=C\C(=O)O. The lowest BCUT2D eigenvalue weighted by molar-refractivity contribution is -0.134. The molecule has 2 bridgehead atoms. The molecule has 5 nitrogen and oxygen atoms in total. The number of fused-ring (bicyclic) bond motifs is 7. The Labute approximate surface area is 145 Å². The van der Waals surface area contributed by atoms with Gasteiger partial charge in [0.1, 0.15) is 0 Å². The lowest BCUT2D eigenvalue weighted by Crippen LogP contribution is -2.27. The number of carbonyl (C=O) groups is 2. The first-order valence-corrected chi connectivity index (χ1v) is 8.04. The van der Waals surface area contributed by atoms with Crippen molar-refractivity contribution in [1.82, 2.24) is 5.32 Å². The minimum atomic E-state index is -1.26. The quantitative estimate of drug-likeness (QED) is 0.734. The van der Waals surface area contributed by atoms with E-state index in [0.717, 1.165) is 6.42 Å². The molecule has 25 heavy (non-hydrogen) atoms. The van der Waals surface area contributed by atoms with Gasteiger partial charge in [-0.25, -0.2) is 9.59 Å². The molecule has 0 amide bonds. The van der Waals surface area contributed by atoms with E-state index in [0.29, 0.717) is 24.2 Å². The molecule has 2 atom stereocenters. The van der Waals surface area contributed by atoms with Crippen LogP contribution in [0.1, 0.15) is 39.9 Å². The van der Waals surface area contributed by atoms with E-state index < -0.39 is 11.9 Å². The maximum atomic E-state index is 9.55. The summed E-state index contributed by atoms with van der Waals surface area (Å²) in [6.07, 6.45) is 2.25. The molecule has 0 fully saturated rings. The predicted molar refractivity (Wildman–Crippen MR) is 93.5 cm³/mol. The lowest BCUT2D eigenvalue weighted by Gasteiger charge is -2.26. The number of hydrogen-bond donors (Lipinski definition) is 3. The second-order valence-corrected chi connectivity index (χ2v) is 6.14. The summed E-state index contributed by atoms with van der Waals surface area (Å²) >= 11 is 0. The first kappa shape index (κ1) is 16.9. The molecule has 0 saturated heterocycles. The standard InChI is InChI=1S/C16H15N.C4H4O4/c1-10-5-4-8-13-14(10)9-15-11-6-2-3-7-12(11)16(13)17-15;5-3(6)1-2-4(7)8/h2-8,15-17H,9H2,1H3;1-2H,(H,5,6)(H,7,8)/b;2-1-. The molecule has 2 aliphatic rings. The van der Waals surface area contributed by atoms with Gasteiger partial charge in [0.2, 0.25) is 0 Å². The fourth-order valence-corrected chi connectivity index (χ4v) is 3.52. The smallest absolute Gasteiger partial charge is 0.328 e. The Morgan fingerprint density at radius 3 is 2.20 bits per heavy atom. The van der Waals surface area contributed by atoms with E-state index >= 15 is 0 Å². The third kappa shape index (κ3) is 3.46. The topological polar surface area (TPSA) is 86.6 Å². The number of hydrogen-bond acceptors (Lipinski definition) is 3. The monoisotopic (exact) mass is 337 g/mol. The van der Waals surface area contributed by atoms with Gasteiger partial charge in [0.25, 0.3) is 0 Å². The van der Waals surface area contributed by atoms with Crippen LogP contribution in [0.3, 0.4) is 0 Å². The second kappa shape index (κ2) is 6.91. The highest BCUT2D eigenvalue weighted by Crippen LogP contribution is 2.44. The molecule has 0 aromatic heterocycles. The normalized spacial score (nSPS) is 19.6. The van der Waals surface area contributed by atoms with Crippen LogP contribution < -0.4 is 5.32 Å². The Kier molecular flexibility index (Phi) is 4.67. The molecule has 2 heterocycles. The van der Waals surface area contributed by atoms with Crippen LogP contribution in [0, 0.1) is 6.92 Å². The Hall–Kier alpha value is -2.92. The van der Waals surface area contributed by atoms with Crippen molar-refractivity contribution < 1.29 is 19.8 Å². The summed E-state index contributed by atoms with van der Waals surface area (Å²) in [5.41, 5.74) is 7.44. The maximum absolute atomic E-state index is 9.55. The first-order chi connectivity index (χ1) is 12.0. The zero-order valence-electron chi connectivity index (χ0n) is 13.8. The van der Waals surface area contributed by atoms with Crippen LogP contribution in [0.5, 0.6) is 0 Å². The third-order valence-electron chi connectivity index (χ3n) is 4.58. The Balaban J connectivity index is 0.000000197. The zero-order valence-corrected chi connectivity index (χ0v) is 13.8. The van der Waals surface area contributed by atoms with Crippen molar-refractivity contribution in [2.24, 2.45) is 0 Å². The molecule has 2 aromatic carbocycles. The third-order valence-corrected chi connectivity index (χ3v) is 4.58. The zero-order chi connectivity index (χ0) is 18.0. The van der Waals surface area contributed by atoms with Crippen molar-refractivity contribution in [2.45, 2.75) is 25.4 Å². The number of carboxylic acids is 2. The van der Waals surface area contributed by atoms with E-state index in [4.69, 9.17) is 10.2 Å². The largest absolute Gasteiger partial charge is 0.478 e. The summed E-state index contributed by atoms with van der Waals surface area (Å²) in [5, 5.41) is 19.4. The lowest BCUT2D eigenvalue weighted by atomic mass is 9.90. The number of aliphatic carboxylic acids is 2. The minimum Gasteiger partial charge on any atom is -0.478 e. The Bertz CT molecular complexity index is 841. The van der Waals surface area contributed by atoms with Gasteiger partial charge < -0.3 is 10.2 Å². The van der Waals surface area contributed by atoms with Crippen LogP contribution in [-0.2, 0) is 16.0 Å². The van der Waals surface area contributed by atoms with Crippen LogP contribution in [0.25, 0.3) is 0 Å². The molecular weight excluding hydrogens is 318 g/mol. The Morgan fingerprint density at radius 2 is 1.56 bits per heavy atom. The van der Waals surface area contributed by atoms with E-state index in [1.54, 1.807) is 5.56 Å². The number of carboxylic acid groups (broad SMARTS) is 2. The maximum Gasteiger partial charge on any atom is 0.328 e. The van der Waals surface area contributed by atoms with Gasteiger partial charge in [0.15, 0.2) is 0 Å². The molecular formula is C20H19NO4. The highest BCUT2D eigenvalue weighted by molar-refractivity contribution is 5.89. The second-order valence-electron chi connectivity index (χ2n) is 6.14. The van der Waals surface area contributed by atoms with Gasteiger partial charge in [-0.05, 0) is 41.2 Å². The number of nitrogens with one attached hydrogen (secondary N) is 1. The van der Waals surface area contributed by atoms with Gasteiger partial charge in [0.05, 0.1) is 6.04 Å². The van der Waals surface area contributed by atoms with Crippen LogP contribution in [0.2, 0.25) is 0 Å². The molecule has 128 valence electrons. The van der Waals surface area contributed by atoms with Crippen LogP contribution in [-0.4, -0.2) is 22.2 Å². The highest BCUT2D eigenvalue weighted by Gasteiger charge is 2.36. The summed E-state index contributed by atoms with van der Waals surface area (Å²) in [4.78, 5) is 19.1. The van der Waals surface area contributed by atoms with Crippen molar-refractivity contribution in [1.29, 1.82) is 0 Å². The first-order valence-electron chi connectivity index (χ1n) is 8.04. The average molecular weight is 337 g/mol. The highest BCUT2D eigenvalue weighted by atomic mass is 16.4. The summed E-state index contributed by atoms with van der Waals surface area (Å²) in [6, 6.07) is 16.5. The predicted octanol–water partition coefficient (Wildman–Crippen LogP) is 3.00. The molecule has 2 unspecified atom stereocenters. The van der Waals surface area contributed by atoms with Gasteiger partial charge in [-0.2, -0.15) is 0 Å². The van der Waals surface area contributed by atoms with Crippen LogP contribution in [0.4, 0.5) is 0 Å². The van der Waals surface area contributed by atoms with E-state index in [1.807, 2.05) is 0 Å². The molecule has 3 N–H and O–H groups in total. The summed E-state index contributed by atoms with van der Waals surface area (Å²) in [6.45, 7) is 2.23. The van der Waals surface area contributed by atoms with Gasteiger partial charge in [-0.3, -0.25) is 5.32 Å². The van der Waals surface area contributed by atoms with E-state index in [1.165, 1.54) is 22.3 Å². The van der Waals surface area contributed by atoms with Crippen LogP contribution >= 0.6 is 0 Å². The molecule has 0 spiro atoms. The fraction of sp³-hybridized carbons (Fsp3) is 0.200. The van der Waals surface area contributed by atoms with Gasteiger partial charge in [-0.1, -0.05) is 42.5 Å². The van der Waals surface area contributed by atoms with Crippen molar-refractivity contribution >= 4 is 11.9 Å². The summed E-state index contributed by atoms with van der Waals surface area (Å²) < 4.78 is 0. The molecule has 0 aliphatic carbocycles. The number of aryl methyl sites for hydroxylation is 1. The van der Waals surface area contributed by atoms with Crippen molar-refractivity contribution in [3.8, 4) is 0 Å². The number of rotatable bonds is 2. The number of benzene rings is 2.